The van der Waals surface area contributed by atoms with E-state index in [9.17, 15) is 14.0 Å². The van der Waals surface area contributed by atoms with E-state index in [4.69, 9.17) is 0 Å². The molecule has 1 aliphatic heterocycles. The van der Waals surface area contributed by atoms with Gasteiger partial charge in [0.1, 0.15) is 6.04 Å². The van der Waals surface area contributed by atoms with Gasteiger partial charge in [0.05, 0.1) is 0 Å². The van der Waals surface area contributed by atoms with Crippen LogP contribution in [0.4, 0.5) is 10.1 Å². The topological polar surface area (TPSA) is 62.3 Å². The van der Waals surface area contributed by atoms with Crippen molar-refractivity contribution in [1.29, 1.82) is 0 Å². The van der Waals surface area contributed by atoms with Crippen molar-refractivity contribution < 1.29 is 14.0 Å². The van der Waals surface area contributed by atoms with Gasteiger partial charge < -0.3 is 5.32 Å². The molecule has 0 aromatic carbocycles. The Balaban J connectivity index is 2.09. The van der Waals surface area contributed by atoms with Crippen molar-refractivity contribution in [3.8, 4) is 0 Å². The van der Waals surface area contributed by atoms with Crippen LogP contribution in [0.3, 0.4) is 0 Å². The molecular formula is C11H12FN3O2. The van der Waals surface area contributed by atoms with Crippen molar-refractivity contribution in [2.24, 2.45) is 0 Å². The molecule has 90 valence electrons. The summed E-state index contributed by atoms with van der Waals surface area (Å²) in [6, 6.07) is 2.30. The van der Waals surface area contributed by atoms with Crippen LogP contribution in [0.5, 0.6) is 0 Å². The molecule has 2 heterocycles. The van der Waals surface area contributed by atoms with E-state index in [0.717, 1.165) is 4.90 Å². The molecule has 6 heteroatoms. The van der Waals surface area contributed by atoms with Crippen molar-refractivity contribution in [1.82, 2.24) is 9.88 Å². The standard InChI is InChI=1S/C11H12FN3O2/c1-15-10(16)3-2-8(11(15)17)14-7-4-5-13-9(12)6-7/h4-6,8H,2-3H2,1H3,(H,13,14). The Bertz CT molecular complexity index is 464. The summed E-state index contributed by atoms with van der Waals surface area (Å²) in [6.45, 7) is 0. The number of carbonyl (C=O) groups is 2. The van der Waals surface area contributed by atoms with Gasteiger partial charge in [0, 0.05) is 31.4 Å². The Hall–Kier alpha value is -1.98. The molecule has 1 fully saturated rings. The monoisotopic (exact) mass is 237 g/mol. The van der Waals surface area contributed by atoms with Crippen molar-refractivity contribution in [3.05, 3.63) is 24.3 Å². The van der Waals surface area contributed by atoms with Crippen LogP contribution in [0, 0.1) is 5.95 Å². The van der Waals surface area contributed by atoms with Gasteiger partial charge in [-0.2, -0.15) is 4.39 Å². The minimum absolute atomic E-state index is 0.186. The van der Waals surface area contributed by atoms with Crippen LogP contribution in [0.2, 0.25) is 0 Å². The molecule has 1 atom stereocenters. The summed E-state index contributed by atoms with van der Waals surface area (Å²) in [5.41, 5.74) is 0.485. The van der Waals surface area contributed by atoms with Gasteiger partial charge in [-0.15, -0.1) is 0 Å². The van der Waals surface area contributed by atoms with Gasteiger partial charge in [0.25, 0.3) is 5.91 Å². The van der Waals surface area contributed by atoms with Gasteiger partial charge in [0.15, 0.2) is 0 Å². The Kier molecular flexibility index (Phi) is 3.03. The Morgan fingerprint density at radius 2 is 2.29 bits per heavy atom. The highest BCUT2D eigenvalue weighted by atomic mass is 19.1. The molecule has 2 amide bonds. The summed E-state index contributed by atoms with van der Waals surface area (Å²) in [7, 11) is 1.45. The van der Waals surface area contributed by atoms with E-state index < -0.39 is 12.0 Å². The first-order valence-electron chi connectivity index (χ1n) is 5.26. The molecule has 0 bridgehead atoms. The molecule has 1 unspecified atom stereocenters. The van der Waals surface area contributed by atoms with E-state index in [0.29, 0.717) is 18.5 Å². The van der Waals surface area contributed by atoms with Gasteiger partial charge in [-0.05, 0) is 12.5 Å². The predicted molar refractivity (Wildman–Crippen MR) is 58.6 cm³/mol. The molecule has 1 saturated heterocycles. The lowest BCUT2D eigenvalue weighted by molar-refractivity contribution is -0.146. The smallest absolute Gasteiger partial charge is 0.251 e. The van der Waals surface area contributed by atoms with Crippen LogP contribution in [0.25, 0.3) is 0 Å². The Morgan fingerprint density at radius 1 is 1.53 bits per heavy atom. The number of carbonyl (C=O) groups excluding carboxylic acids is 2. The molecule has 0 saturated carbocycles. The van der Waals surface area contributed by atoms with Crippen LogP contribution in [-0.4, -0.2) is 34.8 Å². The number of piperidine rings is 1. The maximum Gasteiger partial charge on any atom is 0.251 e. The maximum absolute atomic E-state index is 12.9. The lowest BCUT2D eigenvalue weighted by Gasteiger charge is -2.28. The molecule has 1 aromatic heterocycles. The summed E-state index contributed by atoms with van der Waals surface area (Å²) >= 11 is 0. The van der Waals surface area contributed by atoms with Crippen LogP contribution >= 0.6 is 0 Å². The first kappa shape index (κ1) is 11.5. The second-order valence-corrected chi connectivity index (χ2v) is 3.89. The summed E-state index contributed by atoms with van der Waals surface area (Å²) < 4.78 is 12.9. The number of imide groups is 1. The molecule has 0 aliphatic carbocycles. The van der Waals surface area contributed by atoms with Crippen LogP contribution in [-0.2, 0) is 9.59 Å². The fourth-order valence-electron chi connectivity index (χ4n) is 1.74. The number of anilines is 1. The average molecular weight is 237 g/mol. The summed E-state index contributed by atoms with van der Waals surface area (Å²) in [4.78, 5) is 27.5. The minimum Gasteiger partial charge on any atom is -0.373 e. The second-order valence-electron chi connectivity index (χ2n) is 3.89. The fourth-order valence-corrected chi connectivity index (χ4v) is 1.74. The van der Waals surface area contributed by atoms with E-state index >= 15 is 0 Å². The number of hydrogen-bond donors (Lipinski definition) is 1. The molecule has 0 spiro atoms. The highest BCUT2D eigenvalue weighted by Gasteiger charge is 2.31. The Labute approximate surface area is 97.6 Å². The van der Waals surface area contributed by atoms with Gasteiger partial charge in [0.2, 0.25) is 11.9 Å². The summed E-state index contributed by atoms with van der Waals surface area (Å²) in [5, 5.41) is 2.90. The summed E-state index contributed by atoms with van der Waals surface area (Å²) in [6.07, 6.45) is 2.05. The van der Waals surface area contributed by atoms with E-state index in [-0.39, 0.29) is 11.8 Å². The van der Waals surface area contributed by atoms with Gasteiger partial charge >= 0.3 is 0 Å². The number of halogens is 1. The predicted octanol–water partition coefficient (Wildman–Crippen LogP) is 0.780. The third kappa shape index (κ3) is 2.41. The number of nitrogens with zero attached hydrogens (tertiary/aromatic N) is 2. The normalized spacial score (nSPS) is 20.6. The minimum atomic E-state index is -0.609. The van der Waals surface area contributed by atoms with Crippen LogP contribution in [0.1, 0.15) is 12.8 Å². The van der Waals surface area contributed by atoms with Crippen molar-refractivity contribution in [2.45, 2.75) is 18.9 Å². The molecule has 2 rings (SSSR count). The molecular weight excluding hydrogens is 225 g/mol. The zero-order chi connectivity index (χ0) is 12.4. The largest absolute Gasteiger partial charge is 0.373 e. The molecule has 0 radical (unpaired) electrons. The van der Waals surface area contributed by atoms with E-state index in [2.05, 4.69) is 10.3 Å². The first-order chi connectivity index (χ1) is 8.08. The SMILES string of the molecule is CN1C(=O)CCC(Nc2ccnc(F)c2)C1=O. The fraction of sp³-hybridized carbons (Fsp3) is 0.364. The first-order valence-corrected chi connectivity index (χ1v) is 5.26. The molecule has 1 aromatic rings. The van der Waals surface area contributed by atoms with Gasteiger partial charge in [-0.3, -0.25) is 14.5 Å². The number of likely N-dealkylation sites (N-methyl/N-ethyl adjacent to an activating group) is 1. The van der Waals surface area contributed by atoms with Crippen molar-refractivity contribution in [2.75, 3.05) is 12.4 Å². The summed E-state index contributed by atoms with van der Waals surface area (Å²) in [5.74, 6) is -1.09. The molecule has 1 aliphatic rings. The lowest BCUT2D eigenvalue weighted by atomic mass is 10.0. The van der Waals surface area contributed by atoms with Gasteiger partial charge in [-0.25, -0.2) is 4.98 Å². The zero-order valence-electron chi connectivity index (χ0n) is 9.31. The zero-order valence-corrected chi connectivity index (χ0v) is 9.31. The van der Waals surface area contributed by atoms with E-state index in [1.54, 1.807) is 6.07 Å². The van der Waals surface area contributed by atoms with Crippen LogP contribution in [0.15, 0.2) is 18.3 Å². The quantitative estimate of drug-likeness (QED) is 0.610. The Morgan fingerprint density at radius 3 is 3.00 bits per heavy atom. The van der Waals surface area contributed by atoms with Gasteiger partial charge in [-0.1, -0.05) is 0 Å². The third-order valence-electron chi connectivity index (χ3n) is 2.72. The van der Waals surface area contributed by atoms with E-state index in [1.807, 2.05) is 0 Å². The molecule has 17 heavy (non-hydrogen) atoms. The highest BCUT2D eigenvalue weighted by molar-refractivity contribution is 6.01. The number of hydrogen-bond acceptors (Lipinski definition) is 4. The number of likely N-dealkylation sites (tertiary alicyclic amines) is 1. The van der Waals surface area contributed by atoms with E-state index in [1.165, 1.54) is 19.3 Å². The number of pyridine rings is 1. The maximum atomic E-state index is 12.9. The average Bonchev–Trinajstić information content (AvgIpc) is 2.30. The number of nitrogens with one attached hydrogen (secondary N) is 1. The number of aromatic nitrogens is 1. The van der Waals surface area contributed by atoms with Crippen molar-refractivity contribution >= 4 is 17.5 Å². The third-order valence-corrected chi connectivity index (χ3v) is 2.72. The molecule has 1 N–H and O–H groups in total. The second kappa shape index (κ2) is 4.48. The number of amides is 2. The highest BCUT2D eigenvalue weighted by Crippen LogP contribution is 2.17. The molecule has 5 nitrogen and oxygen atoms in total. The van der Waals surface area contributed by atoms with Crippen LogP contribution < -0.4 is 5.32 Å². The lowest BCUT2D eigenvalue weighted by Crippen LogP contribution is -2.48. The van der Waals surface area contributed by atoms with Crippen molar-refractivity contribution in [3.63, 3.8) is 0 Å². The number of rotatable bonds is 2.